The summed E-state index contributed by atoms with van der Waals surface area (Å²) < 4.78 is 0. The number of nitro groups is 1. The molecule has 1 saturated heterocycles. The normalized spacial score (nSPS) is 20.7. The van der Waals surface area contributed by atoms with Crippen LogP contribution in [-0.4, -0.2) is 18.0 Å². The standard InChI is InChI=1S/C12H16N2O2/c1-9-4-2-6-11(14(15)16)12(9)10-5-3-7-13-8-10/h2,4,6,10,13H,3,5,7-8H2,1H3. The molecule has 86 valence electrons. The van der Waals surface area contributed by atoms with Gasteiger partial charge in [-0.3, -0.25) is 10.1 Å². The Morgan fingerprint density at radius 2 is 2.31 bits per heavy atom. The average molecular weight is 220 g/mol. The number of benzene rings is 1. The Hall–Kier alpha value is -1.42. The van der Waals surface area contributed by atoms with Gasteiger partial charge in [0.05, 0.1) is 4.92 Å². The minimum Gasteiger partial charge on any atom is -0.316 e. The van der Waals surface area contributed by atoms with E-state index in [9.17, 15) is 10.1 Å². The highest BCUT2D eigenvalue weighted by atomic mass is 16.6. The Labute approximate surface area is 94.8 Å². The molecule has 0 saturated carbocycles. The van der Waals surface area contributed by atoms with Crippen molar-refractivity contribution >= 4 is 5.69 Å². The van der Waals surface area contributed by atoms with Gasteiger partial charge in [0, 0.05) is 24.1 Å². The van der Waals surface area contributed by atoms with Crippen molar-refractivity contribution in [3.8, 4) is 0 Å². The summed E-state index contributed by atoms with van der Waals surface area (Å²) in [6, 6.07) is 5.32. The van der Waals surface area contributed by atoms with Crippen molar-refractivity contribution in [2.24, 2.45) is 0 Å². The predicted octanol–water partition coefficient (Wildman–Crippen LogP) is 2.37. The zero-order valence-corrected chi connectivity index (χ0v) is 9.40. The molecule has 0 aliphatic carbocycles. The van der Waals surface area contributed by atoms with Gasteiger partial charge in [0.25, 0.3) is 5.69 Å². The first-order valence-corrected chi connectivity index (χ1v) is 5.65. The van der Waals surface area contributed by atoms with Crippen molar-refractivity contribution < 1.29 is 4.92 Å². The van der Waals surface area contributed by atoms with Crippen molar-refractivity contribution in [3.05, 3.63) is 39.4 Å². The fourth-order valence-electron chi connectivity index (χ4n) is 2.45. The Bertz CT molecular complexity index is 398. The minimum atomic E-state index is -0.267. The maximum absolute atomic E-state index is 11.0. The van der Waals surface area contributed by atoms with Crippen LogP contribution in [-0.2, 0) is 0 Å². The molecule has 16 heavy (non-hydrogen) atoms. The van der Waals surface area contributed by atoms with E-state index in [0.29, 0.717) is 0 Å². The van der Waals surface area contributed by atoms with Crippen LogP contribution in [0.25, 0.3) is 0 Å². The van der Waals surface area contributed by atoms with Crippen molar-refractivity contribution in [2.45, 2.75) is 25.7 Å². The Morgan fingerprint density at radius 1 is 1.50 bits per heavy atom. The highest BCUT2D eigenvalue weighted by Crippen LogP contribution is 2.33. The minimum absolute atomic E-state index is 0.267. The number of hydrogen-bond donors (Lipinski definition) is 1. The maximum atomic E-state index is 11.0. The van der Waals surface area contributed by atoms with Crippen LogP contribution in [0.15, 0.2) is 18.2 Å². The van der Waals surface area contributed by atoms with E-state index in [0.717, 1.165) is 37.1 Å². The summed E-state index contributed by atoms with van der Waals surface area (Å²) in [4.78, 5) is 10.7. The number of hydrogen-bond acceptors (Lipinski definition) is 3. The van der Waals surface area contributed by atoms with Crippen molar-refractivity contribution in [2.75, 3.05) is 13.1 Å². The quantitative estimate of drug-likeness (QED) is 0.615. The summed E-state index contributed by atoms with van der Waals surface area (Å²) in [7, 11) is 0. The van der Waals surface area contributed by atoms with Crippen LogP contribution >= 0.6 is 0 Å². The first kappa shape index (κ1) is 11.1. The fourth-order valence-corrected chi connectivity index (χ4v) is 2.45. The van der Waals surface area contributed by atoms with Crippen LogP contribution < -0.4 is 5.32 Å². The van der Waals surface area contributed by atoms with Gasteiger partial charge in [0.1, 0.15) is 0 Å². The van der Waals surface area contributed by atoms with E-state index in [4.69, 9.17) is 0 Å². The van der Waals surface area contributed by atoms with Crippen molar-refractivity contribution in [3.63, 3.8) is 0 Å². The molecule has 2 rings (SSSR count). The zero-order valence-electron chi connectivity index (χ0n) is 9.40. The summed E-state index contributed by atoms with van der Waals surface area (Å²) in [5, 5.41) is 14.3. The molecule has 1 aliphatic heterocycles. The topological polar surface area (TPSA) is 55.2 Å². The van der Waals surface area contributed by atoms with Crippen LogP contribution in [0.1, 0.15) is 29.9 Å². The Morgan fingerprint density at radius 3 is 2.94 bits per heavy atom. The molecule has 0 amide bonds. The smallest absolute Gasteiger partial charge is 0.273 e. The van der Waals surface area contributed by atoms with Gasteiger partial charge in [-0.15, -0.1) is 0 Å². The van der Waals surface area contributed by atoms with E-state index in [-0.39, 0.29) is 16.5 Å². The van der Waals surface area contributed by atoms with Gasteiger partial charge in [-0.25, -0.2) is 0 Å². The van der Waals surface area contributed by atoms with E-state index in [2.05, 4.69) is 5.32 Å². The maximum Gasteiger partial charge on any atom is 0.273 e. The first-order valence-electron chi connectivity index (χ1n) is 5.65. The number of rotatable bonds is 2. The van der Waals surface area contributed by atoms with E-state index >= 15 is 0 Å². The van der Waals surface area contributed by atoms with Crippen molar-refractivity contribution in [1.29, 1.82) is 0 Å². The molecule has 1 unspecified atom stereocenters. The number of piperidine rings is 1. The van der Waals surface area contributed by atoms with Gasteiger partial charge in [0.2, 0.25) is 0 Å². The number of nitrogens with zero attached hydrogens (tertiary/aromatic N) is 1. The lowest BCUT2D eigenvalue weighted by Crippen LogP contribution is -2.29. The molecular weight excluding hydrogens is 204 g/mol. The third kappa shape index (κ3) is 2.07. The molecule has 1 fully saturated rings. The van der Waals surface area contributed by atoms with E-state index in [1.165, 1.54) is 0 Å². The van der Waals surface area contributed by atoms with Crippen LogP contribution in [0.4, 0.5) is 5.69 Å². The molecule has 1 aromatic carbocycles. The molecule has 1 aromatic rings. The van der Waals surface area contributed by atoms with Gasteiger partial charge in [-0.1, -0.05) is 12.1 Å². The monoisotopic (exact) mass is 220 g/mol. The van der Waals surface area contributed by atoms with E-state index < -0.39 is 0 Å². The van der Waals surface area contributed by atoms with Gasteiger partial charge >= 0.3 is 0 Å². The van der Waals surface area contributed by atoms with Gasteiger partial charge in [0.15, 0.2) is 0 Å². The number of nitro benzene ring substituents is 1. The molecular formula is C12H16N2O2. The predicted molar refractivity (Wildman–Crippen MR) is 62.7 cm³/mol. The lowest BCUT2D eigenvalue weighted by molar-refractivity contribution is -0.385. The van der Waals surface area contributed by atoms with E-state index in [1.807, 2.05) is 13.0 Å². The summed E-state index contributed by atoms with van der Waals surface area (Å²) in [6.45, 7) is 3.83. The van der Waals surface area contributed by atoms with Gasteiger partial charge in [-0.2, -0.15) is 0 Å². The third-order valence-electron chi connectivity index (χ3n) is 3.20. The average Bonchev–Trinajstić information content (AvgIpc) is 2.29. The Kier molecular flexibility index (Phi) is 3.19. The second kappa shape index (κ2) is 4.61. The van der Waals surface area contributed by atoms with Crippen molar-refractivity contribution in [1.82, 2.24) is 5.32 Å². The van der Waals surface area contributed by atoms with Gasteiger partial charge < -0.3 is 5.32 Å². The fraction of sp³-hybridized carbons (Fsp3) is 0.500. The molecule has 1 heterocycles. The highest BCUT2D eigenvalue weighted by Gasteiger charge is 2.25. The molecule has 0 spiro atoms. The molecule has 4 heteroatoms. The molecule has 1 N–H and O–H groups in total. The molecule has 1 atom stereocenters. The second-order valence-corrected chi connectivity index (χ2v) is 4.31. The molecule has 4 nitrogen and oxygen atoms in total. The number of aryl methyl sites for hydroxylation is 1. The summed E-state index contributed by atoms with van der Waals surface area (Å²) >= 11 is 0. The lowest BCUT2D eigenvalue weighted by atomic mass is 9.87. The number of nitrogens with one attached hydrogen (secondary N) is 1. The molecule has 0 aromatic heterocycles. The first-order chi connectivity index (χ1) is 7.70. The Balaban J connectivity index is 2.40. The van der Waals surface area contributed by atoms with E-state index in [1.54, 1.807) is 12.1 Å². The summed E-state index contributed by atoms with van der Waals surface area (Å²) in [5.74, 6) is 0.287. The SMILES string of the molecule is Cc1cccc([N+](=O)[O-])c1C1CCCNC1. The van der Waals surface area contributed by atoms with Crippen LogP contribution in [0.5, 0.6) is 0 Å². The summed E-state index contributed by atoms with van der Waals surface area (Å²) in [5.41, 5.74) is 2.22. The largest absolute Gasteiger partial charge is 0.316 e. The lowest BCUT2D eigenvalue weighted by Gasteiger charge is -2.24. The highest BCUT2D eigenvalue weighted by molar-refractivity contribution is 5.47. The second-order valence-electron chi connectivity index (χ2n) is 4.31. The third-order valence-corrected chi connectivity index (χ3v) is 3.20. The van der Waals surface area contributed by atoms with Crippen LogP contribution in [0, 0.1) is 17.0 Å². The van der Waals surface area contributed by atoms with Crippen LogP contribution in [0.2, 0.25) is 0 Å². The van der Waals surface area contributed by atoms with Gasteiger partial charge in [-0.05, 0) is 31.9 Å². The van der Waals surface area contributed by atoms with Crippen LogP contribution in [0.3, 0.4) is 0 Å². The molecule has 0 radical (unpaired) electrons. The summed E-state index contributed by atoms with van der Waals surface area (Å²) in [6.07, 6.45) is 2.13. The molecule has 0 bridgehead atoms. The molecule has 1 aliphatic rings. The zero-order chi connectivity index (χ0) is 11.5.